The third kappa shape index (κ3) is 2.74. The van der Waals surface area contributed by atoms with Crippen LogP contribution in [0.15, 0.2) is 45.9 Å². The number of thiazole rings is 1. The number of aromatic nitrogens is 1. The third-order valence-electron chi connectivity index (χ3n) is 3.79. The number of amides is 1. The summed E-state index contributed by atoms with van der Waals surface area (Å²) in [6, 6.07) is 11.5. The number of carbonyl (C=O) groups is 1. The Bertz CT molecular complexity index is 1020. The number of nitrogens with zero attached hydrogens (tertiary/aromatic N) is 2. The number of fused-ring (bicyclic) bond motifs is 2. The molecule has 0 aliphatic carbocycles. The van der Waals surface area contributed by atoms with Crippen LogP contribution in [0.3, 0.4) is 0 Å². The van der Waals surface area contributed by atoms with Crippen LogP contribution in [0, 0.1) is 0 Å². The van der Waals surface area contributed by atoms with Gasteiger partial charge in [-0.05, 0) is 45.8 Å². The highest BCUT2D eigenvalue weighted by molar-refractivity contribution is 9.10. The van der Waals surface area contributed by atoms with Gasteiger partial charge >= 0.3 is 0 Å². The molecule has 1 aromatic heterocycles. The van der Waals surface area contributed by atoms with Gasteiger partial charge in [-0.3, -0.25) is 4.79 Å². The Morgan fingerprint density at radius 3 is 2.96 bits per heavy atom. The monoisotopic (exact) mass is 404 g/mol. The van der Waals surface area contributed by atoms with Crippen molar-refractivity contribution in [2.24, 2.45) is 12.0 Å². The maximum Gasteiger partial charge on any atom is 0.252 e. The molecule has 0 atom stereocenters. The first kappa shape index (κ1) is 15.4. The van der Waals surface area contributed by atoms with Crippen LogP contribution in [-0.4, -0.2) is 17.3 Å². The van der Waals surface area contributed by atoms with Crippen molar-refractivity contribution in [1.82, 2.24) is 4.57 Å². The molecule has 7 heteroatoms. The van der Waals surface area contributed by atoms with E-state index in [0.717, 1.165) is 20.3 Å². The summed E-state index contributed by atoms with van der Waals surface area (Å²) >= 11 is 5.04. The summed E-state index contributed by atoms with van der Waals surface area (Å²) in [4.78, 5) is 17.3. The maximum atomic E-state index is 12.3. The van der Waals surface area contributed by atoms with Gasteiger partial charge in [0.2, 0.25) is 6.79 Å². The van der Waals surface area contributed by atoms with E-state index >= 15 is 0 Å². The topological polar surface area (TPSA) is 52.8 Å². The van der Waals surface area contributed by atoms with E-state index in [2.05, 4.69) is 20.9 Å². The van der Waals surface area contributed by atoms with Crippen LogP contribution in [0.1, 0.15) is 5.56 Å². The van der Waals surface area contributed by atoms with E-state index < -0.39 is 0 Å². The Hall–Kier alpha value is -2.12. The summed E-state index contributed by atoms with van der Waals surface area (Å²) in [5, 5.41) is 0. The maximum absolute atomic E-state index is 12.3. The van der Waals surface area contributed by atoms with E-state index in [4.69, 9.17) is 9.47 Å². The summed E-state index contributed by atoms with van der Waals surface area (Å²) in [7, 11) is 1.91. The summed E-state index contributed by atoms with van der Waals surface area (Å²) in [5.41, 5.74) is 1.90. The van der Waals surface area contributed by atoms with E-state index in [1.165, 1.54) is 11.3 Å². The molecule has 0 saturated carbocycles. The molecule has 24 heavy (non-hydrogen) atoms. The molecule has 4 rings (SSSR count). The number of hydrogen-bond donors (Lipinski definition) is 0. The number of para-hydroxylation sites is 1. The van der Waals surface area contributed by atoms with Gasteiger partial charge < -0.3 is 14.0 Å². The zero-order valence-corrected chi connectivity index (χ0v) is 15.2. The summed E-state index contributed by atoms with van der Waals surface area (Å²) in [5.74, 6) is 1.20. The lowest BCUT2D eigenvalue weighted by molar-refractivity contribution is -0.117. The number of rotatable bonds is 2. The molecular weight excluding hydrogens is 392 g/mol. The highest BCUT2D eigenvalue weighted by Crippen LogP contribution is 2.32. The number of ether oxygens (including phenoxy) is 2. The standard InChI is InChI=1S/C17H13BrN2O3S/c1-20-16-11(18)3-2-4-14(16)24-17(20)19-15(21)8-10-5-6-12-13(7-10)23-9-22-12/h2-7H,8-9H2,1H3. The zero-order valence-electron chi connectivity index (χ0n) is 12.8. The second kappa shape index (κ2) is 6.07. The normalized spacial score (nSPS) is 13.7. The van der Waals surface area contributed by atoms with Gasteiger partial charge in [-0.2, -0.15) is 4.99 Å². The van der Waals surface area contributed by atoms with Crippen molar-refractivity contribution in [1.29, 1.82) is 0 Å². The lowest BCUT2D eigenvalue weighted by Crippen LogP contribution is -2.14. The van der Waals surface area contributed by atoms with Crippen LogP contribution in [0.5, 0.6) is 11.5 Å². The van der Waals surface area contributed by atoms with Gasteiger partial charge in [0, 0.05) is 11.5 Å². The Balaban J connectivity index is 1.65. The molecule has 1 aliphatic rings. The first-order valence-corrected chi connectivity index (χ1v) is 8.93. The third-order valence-corrected chi connectivity index (χ3v) is 5.52. The fraction of sp³-hybridized carbons (Fsp3) is 0.176. The highest BCUT2D eigenvalue weighted by Gasteiger charge is 2.14. The molecular formula is C17H13BrN2O3S. The van der Waals surface area contributed by atoms with Gasteiger partial charge in [0.1, 0.15) is 0 Å². The van der Waals surface area contributed by atoms with Crippen molar-refractivity contribution >= 4 is 43.4 Å². The van der Waals surface area contributed by atoms with Crippen LogP contribution in [0.2, 0.25) is 0 Å². The fourth-order valence-electron chi connectivity index (χ4n) is 2.64. The average Bonchev–Trinajstić information content (AvgIpc) is 3.13. The molecule has 0 bridgehead atoms. The largest absolute Gasteiger partial charge is 0.454 e. The number of aryl methyl sites for hydroxylation is 1. The van der Waals surface area contributed by atoms with Crippen molar-refractivity contribution < 1.29 is 14.3 Å². The summed E-state index contributed by atoms with van der Waals surface area (Å²) in [6.45, 7) is 0.226. The zero-order chi connectivity index (χ0) is 16.7. The van der Waals surface area contributed by atoms with Crippen LogP contribution in [-0.2, 0) is 18.3 Å². The van der Waals surface area contributed by atoms with Gasteiger partial charge in [-0.25, -0.2) is 0 Å². The fourth-order valence-corrected chi connectivity index (χ4v) is 4.46. The molecule has 2 aromatic carbocycles. The van der Waals surface area contributed by atoms with E-state index in [0.29, 0.717) is 16.3 Å². The molecule has 2 heterocycles. The van der Waals surface area contributed by atoms with Crippen molar-refractivity contribution in [3.05, 3.63) is 51.2 Å². The van der Waals surface area contributed by atoms with Gasteiger partial charge in [-0.1, -0.05) is 23.5 Å². The molecule has 5 nitrogen and oxygen atoms in total. The van der Waals surface area contributed by atoms with Crippen molar-refractivity contribution in [3.63, 3.8) is 0 Å². The van der Waals surface area contributed by atoms with E-state index in [1.54, 1.807) is 0 Å². The molecule has 0 spiro atoms. The van der Waals surface area contributed by atoms with Crippen molar-refractivity contribution in [2.45, 2.75) is 6.42 Å². The molecule has 0 unspecified atom stereocenters. The smallest absolute Gasteiger partial charge is 0.252 e. The molecule has 1 amide bonds. The van der Waals surface area contributed by atoms with Crippen LogP contribution in [0.25, 0.3) is 10.2 Å². The van der Waals surface area contributed by atoms with E-state index in [9.17, 15) is 4.79 Å². The van der Waals surface area contributed by atoms with Crippen molar-refractivity contribution in [3.8, 4) is 11.5 Å². The average molecular weight is 405 g/mol. The summed E-state index contributed by atoms with van der Waals surface area (Å²) in [6.07, 6.45) is 0.228. The minimum atomic E-state index is -0.188. The lowest BCUT2D eigenvalue weighted by atomic mass is 10.1. The summed E-state index contributed by atoms with van der Waals surface area (Å²) < 4.78 is 14.6. The van der Waals surface area contributed by atoms with Crippen LogP contribution < -0.4 is 14.3 Å². The number of carbonyl (C=O) groups excluding carboxylic acids is 1. The van der Waals surface area contributed by atoms with Crippen LogP contribution in [0.4, 0.5) is 0 Å². The lowest BCUT2D eigenvalue weighted by Gasteiger charge is -2.00. The molecule has 0 radical (unpaired) electrons. The Morgan fingerprint density at radius 2 is 2.12 bits per heavy atom. The first-order valence-electron chi connectivity index (χ1n) is 7.32. The number of benzene rings is 2. The molecule has 0 fully saturated rings. The van der Waals surface area contributed by atoms with Gasteiger partial charge in [0.05, 0.1) is 16.6 Å². The second-order valence-electron chi connectivity index (χ2n) is 5.40. The molecule has 3 aromatic rings. The Kier molecular flexibility index (Phi) is 3.90. The minimum absolute atomic E-state index is 0.188. The van der Waals surface area contributed by atoms with E-state index in [-0.39, 0.29) is 19.1 Å². The quantitative estimate of drug-likeness (QED) is 0.657. The molecule has 1 aliphatic heterocycles. The Labute approximate surface area is 150 Å². The SMILES string of the molecule is Cn1c(=NC(=O)Cc2ccc3c(c2)OCO3)sc2cccc(Br)c21. The number of halogens is 1. The highest BCUT2D eigenvalue weighted by atomic mass is 79.9. The minimum Gasteiger partial charge on any atom is -0.454 e. The van der Waals surface area contributed by atoms with Gasteiger partial charge in [0.15, 0.2) is 16.3 Å². The molecule has 0 saturated heterocycles. The Morgan fingerprint density at radius 1 is 1.29 bits per heavy atom. The van der Waals surface area contributed by atoms with Gasteiger partial charge in [0.25, 0.3) is 5.91 Å². The van der Waals surface area contributed by atoms with Crippen LogP contribution >= 0.6 is 27.3 Å². The second-order valence-corrected chi connectivity index (χ2v) is 7.26. The van der Waals surface area contributed by atoms with Gasteiger partial charge in [-0.15, -0.1) is 0 Å². The predicted molar refractivity (Wildman–Crippen MR) is 95.3 cm³/mol. The molecule has 122 valence electrons. The van der Waals surface area contributed by atoms with Crippen molar-refractivity contribution in [2.75, 3.05) is 6.79 Å². The van der Waals surface area contributed by atoms with E-state index in [1.807, 2.05) is 48.0 Å². The first-order chi connectivity index (χ1) is 11.6. The predicted octanol–water partition coefficient (Wildman–Crippen LogP) is 3.40. The molecule has 0 N–H and O–H groups in total. The number of hydrogen-bond acceptors (Lipinski definition) is 4.